The Morgan fingerprint density at radius 1 is 1.33 bits per heavy atom. The van der Waals surface area contributed by atoms with Crippen molar-refractivity contribution in [3.05, 3.63) is 0 Å². The van der Waals surface area contributed by atoms with Crippen LogP contribution in [0.4, 0.5) is 0 Å². The summed E-state index contributed by atoms with van der Waals surface area (Å²) >= 11 is 0. The zero-order valence-electron chi connectivity index (χ0n) is 12.2. The summed E-state index contributed by atoms with van der Waals surface area (Å²) in [7, 11) is 0.0770. The van der Waals surface area contributed by atoms with Gasteiger partial charge in [-0.15, -0.1) is 0 Å². The Bertz CT molecular complexity index is 217. The summed E-state index contributed by atoms with van der Waals surface area (Å²) in [5.41, 5.74) is 0. The van der Waals surface area contributed by atoms with Gasteiger partial charge in [-0.3, -0.25) is 0 Å². The van der Waals surface area contributed by atoms with Crippen LogP contribution in [0, 0.1) is 0 Å². The van der Waals surface area contributed by atoms with Gasteiger partial charge in [-0.2, -0.15) is 0 Å². The first-order valence-corrected chi connectivity index (χ1v) is 9.58. The van der Waals surface area contributed by atoms with Crippen LogP contribution in [-0.2, 0) is 18.6 Å². The molecule has 0 aliphatic carbocycles. The van der Waals surface area contributed by atoms with Crippen molar-refractivity contribution in [2.45, 2.75) is 57.7 Å². The highest BCUT2D eigenvalue weighted by molar-refractivity contribution is 6.73. The molecule has 1 rings (SSSR count). The molecular weight excluding hydrogens is 248 g/mol. The number of hydrogen-bond donors (Lipinski definition) is 0. The van der Waals surface area contributed by atoms with E-state index < -0.39 is 8.32 Å². The Morgan fingerprint density at radius 3 is 2.50 bits per heavy atom. The highest BCUT2D eigenvalue weighted by atomic mass is 28.4. The third-order valence-electron chi connectivity index (χ3n) is 3.66. The van der Waals surface area contributed by atoms with Crippen LogP contribution in [0.2, 0.25) is 18.1 Å². The van der Waals surface area contributed by atoms with E-state index in [1.165, 1.54) is 0 Å². The zero-order valence-corrected chi connectivity index (χ0v) is 13.2. The van der Waals surface area contributed by atoms with Crippen molar-refractivity contribution in [3.8, 4) is 0 Å². The SMILES string of the molecule is CC[Si](CC)(CCCOCC1CO1)OC(C)OC. The van der Waals surface area contributed by atoms with Gasteiger partial charge in [0.15, 0.2) is 8.32 Å². The fourth-order valence-electron chi connectivity index (χ4n) is 2.10. The average Bonchev–Trinajstić information content (AvgIpc) is 3.21. The Labute approximate surface area is 112 Å². The fourth-order valence-corrected chi connectivity index (χ4v) is 5.35. The molecule has 0 bridgehead atoms. The van der Waals surface area contributed by atoms with Gasteiger partial charge in [0.2, 0.25) is 0 Å². The summed E-state index contributed by atoms with van der Waals surface area (Å²) in [5.74, 6) is 0. The topological polar surface area (TPSA) is 40.2 Å². The smallest absolute Gasteiger partial charge is 0.195 e. The van der Waals surface area contributed by atoms with E-state index in [0.717, 1.165) is 44.4 Å². The van der Waals surface area contributed by atoms with E-state index in [-0.39, 0.29) is 6.29 Å². The largest absolute Gasteiger partial charge is 0.392 e. The van der Waals surface area contributed by atoms with Crippen molar-refractivity contribution < 1.29 is 18.6 Å². The lowest BCUT2D eigenvalue weighted by atomic mass is 10.5. The quantitative estimate of drug-likeness (QED) is 0.252. The molecular formula is C13H28O4Si. The minimum atomic E-state index is -1.63. The van der Waals surface area contributed by atoms with Gasteiger partial charge in [0.1, 0.15) is 12.4 Å². The van der Waals surface area contributed by atoms with Crippen molar-refractivity contribution in [3.63, 3.8) is 0 Å². The first kappa shape index (κ1) is 16.1. The van der Waals surface area contributed by atoms with E-state index >= 15 is 0 Å². The summed E-state index contributed by atoms with van der Waals surface area (Å²) in [4.78, 5) is 0. The third kappa shape index (κ3) is 5.80. The van der Waals surface area contributed by atoms with Crippen molar-refractivity contribution in [2.75, 3.05) is 26.9 Å². The van der Waals surface area contributed by atoms with Gasteiger partial charge >= 0.3 is 0 Å². The van der Waals surface area contributed by atoms with Gasteiger partial charge in [0.25, 0.3) is 0 Å². The van der Waals surface area contributed by atoms with Gasteiger partial charge in [-0.25, -0.2) is 0 Å². The maximum absolute atomic E-state index is 6.16. The second kappa shape index (κ2) is 8.27. The highest BCUT2D eigenvalue weighted by Gasteiger charge is 2.32. The van der Waals surface area contributed by atoms with Crippen LogP contribution in [0.3, 0.4) is 0 Å². The lowest BCUT2D eigenvalue weighted by Crippen LogP contribution is -2.40. The molecule has 2 unspecified atom stereocenters. The van der Waals surface area contributed by atoms with Crippen molar-refractivity contribution in [1.29, 1.82) is 0 Å². The lowest BCUT2D eigenvalue weighted by molar-refractivity contribution is -0.0469. The molecule has 1 fully saturated rings. The van der Waals surface area contributed by atoms with Crippen LogP contribution >= 0.6 is 0 Å². The van der Waals surface area contributed by atoms with Crippen molar-refractivity contribution >= 4 is 8.32 Å². The number of methoxy groups -OCH3 is 1. The maximum Gasteiger partial charge on any atom is 0.195 e. The molecule has 2 atom stereocenters. The van der Waals surface area contributed by atoms with Crippen LogP contribution in [0.25, 0.3) is 0 Å². The molecule has 18 heavy (non-hydrogen) atoms. The Balaban J connectivity index is 2.21. The molecule has 1 aliphatic heterocycles. The number of rotatable bonds is 11. The van der Waals surface area contributed by atoms with Crippen molar-refractivity contribution in [1.82, 2.24) is 0 Å². The fraction of sp³-hybridized carbons (Fsp3) is 1.00. The van der Waals surface area contributed by atoms with Crippen LogP contribution in [0.15, 0.2) is 0 Å². The van der Waals surface area contributed by atoms with Crippen LogP contribution < -0.4 is 0 Å². The van der Waals surface area contributed by atoms with Crippen LogP contribution in [-0.4, -0.2) is 47.6 Å². The predicted octanol–water partition coefficient (Wildman–Crippen LogP) is 2.79. The first-order chi connectivity index (χ1) is 8.65. The molecule has 1 heterocycles. The summed E-state index contributed by atoms with van der Waals surface area (Å²) in [5, 5.41) is 0. The van der Waals surface area contributed by atoms with E-state index in [1.54, 1.807) is 7.11 Å². The monoisotopic (exact) mass is 276 g/mol. The second-order valence-corrected chi connectivity index (χ2v) is 9.46. The molecule has 0 radical (unpaired) electrons. The minimum absolute atomic E-state index is 0.0858. The summed E-state index contributed by atoms with van der Waals surface area (Å²) in [6.07, 6.45) is 1.36. The molecule has 0 aromatic carbocycles. The average molecular weight is 276 g/mol. The Morgan fingerprint density at radius 2 is 2.00 bits per heavy atom. The molecule has 0 spiro atoms. The van der Waals surface area contributed by atoms with E-state index in [0.29, 0.717) is 6.10 Å². The molecule has 1 aliphatic rings. The minimum Gasteiger partial charge on any atom is -0.392 e. The maximum atomic E-state index is 6.16. The summed E-state index contributed by atoms with van der Waals surface area (Å²) < 4.78 is 22.1. The predicted molar refractivity (Wildman–Crippen MR) is 74.3 cm³/mol. The van der Waals surface area contributed by atoms with E-state index in [4.69, 9.17) is 18.6 Å². The molecule has 108 valence electrons. The van der Waals surface area contributed by atoms with E-state index in [2.05, 4.69) is 13.8 Å². The zero-order chi connectivity index (χ0) is 13.4. The number of epoxide rings is 1. The highest BCUT2D eigenvalue weighted by Crippen LogP contribution is 2.25. The number of hydrogen-bond acceptors (Lipinski definition) is 4. The summed E-state index contributed by atoms with van der Waals surface area (Å²) in [6.45, 7) is 8.89. The van der Waals surface area contributed by atoms with Gasteiger partial charge in [-0.1, -0.05) is 13.8 Å². The molecule has 5 heteroatoms. The van der Waals surface area contributed by atoms with Gasteiger partial charge < -0.3 is 18.6 Å². The van der Waals surface area contributed by atoms with Crippen LogP contribution in [0.1, 0.15) is 27.2 Å². The molecule has 0 amide bonds. The van der Waals surface area contributed by atoms with E-state index in [1.807, 2.05) is 6.92 Å². The third-order valence-corrected chi connectivity index (χ3v) is 8.34. The summed E-state index contributed by atoms with van der Waals surface area (Å²) in [6, 6.07) is 3.44. The molecule has 1 saturated heterocycles. The number of ether oxygens (including phenoxy) is 3. The molecule has 0 N–H and O–H groups in total. The molecule has 0 aromatic rings. The first-order valence-electron chi connectivity index (χ1n) is 7.05. The van der Waals surface area contributed by atoms with Gasteiger partial charge in [0.05, 0.1) is 13.2 Å². The Kier molecular flexibility index (Phi) is 7.40. The molecule has 0 saturated carbocycles. The molecule has 0 aromatic heterocycles. The standard InChI is InChI=1S/C13H28O4Si/c1-5-18(6-2,17-12(3)14-4)9-7-8-15-10-13-11-16-13/h12-13H,5-11H2,1-4H3. The second-order valence-electron chi connectivity index (χ2n) is 4.95. The van der Waals surface area contributed by atoms with Crippen LogP contribution in [0.5, 0.6) is 0 Å². The van der Waals surface area contributed by atoms with Gasteiger partial charge in [0, 0.05) is 13.7 Å². The Hall–Kier alpha value is 0.0569. The normalized spacial score (nSPS) is 21.0. The lowest BCUT2D eigenvalue weighted by Gasteiger charge is -2.32. The van der Waals surface area contributed by atoms with E-state index in [9.17, 15) is 0 Å². The molecule has 4 nitrogen and oxygen atoms in total. The van der Waals surface area contributed by atoms with Gasteiger partial charge in [-0.05, 0) is 31.5 Å². The van der Waals surface area contributed by atoms with Crippen molar-refractivity contribution in [2.24, 2.45) is 0 Å².